The van der Waals surface area contributed by atoms with E-state index >= 15 is 0 Å². The van der Waals surface area contributed by atoms with E-state index in [1.807, 2.05) is 22.2 Å². The molecule has 6 nitrogen and oxygen atoms in total. The van der Waals surface area contributed by atoms with Crippen LogP contribution >= 0.6 is 11.3 Å². The van der Waals surface area contributed by atoms with Gasteiger partial charge in [0.25, 0.3) is 0 Å². The van der Waals surface area contributed by atoms with E-state index in [0.29, 0.717) is 13.1 Å². The van der Waals surface area contributed by atoms with Crippen LogP contribution < -0.4 is 0 Å². The van der Waals surface area contributed by atoms with Crippen LogP contribution in [0.5, 0.6) is 0 Å². The van der Waals surface area contributed by atoms with Gasteiger partial charge in [0.05, 0.1) is 17.9 Å². The molecule has 1 amide bonds. The number of piperidine rings is 1. The summed E-state index contributed by atoms with van der Waals surface area (Å²) in [6, 6.07) is 0. The number of imidazole rings is 1. The van der Waals surface area contributed by atoms with Gasteiger partial charge in [0, 0.05) is 37.1 Å². The number of nitrogens with zero attached hydrogens (tertiary/aromatic N) is 3. The third kappa shape index (κ3) is 3.67. The number of thiazole rings is 1. The van der Waals surface area contributed by atoms with Gasteiger partial charge in [-0.05, 0) is 18.8 Å². The number of carbonyl (C=O) groups excluding carboxylic acids is 1. The number of hydrogen-bond acceptors (Lipinski definition) is 5. The Balaban J connectivity index is 1.62. The minimum absolute atomic E-state index is 0.0314. The highest BCUT2D eigenvalue weighted by Gasteiger charge is 2.26. The Morgan fingerprint density at radius 2 is 2.32 bits per heavy atom. The highest BCUT2D eigenvalue weighted by molar-refractivity contribution is 7.90. The number of fused-ring (bicyclic) bond motifs is 1. The summed E-state index contributed by atoms with van der Waals surface area (Å²) in [4.78, 5) is 19.5. The Kier molecular flexibility index (Phi) is 4.22. The molecule has 3 heterocycles. The van der Waals surface area contributed by atoms with Gasteiger partial charge >= 0.3 is 0 Å². The van der Waals surface area contributed by atoms with Crippen LogP contribution in [0.3, 0.4) is 0 Å². The first-order valence-corrected chi connectivity index (χ1v) is 10.2. The van der Waals surface area contributed by atoms with Crippen molar-refractivity contribution in [1.82, 2.24) is 14.3 Å². The molecule has 0 radical (unpaired) electrons. The van der Waals surface area contributed by atoms with E-state index in [9.17, 15) is 13.2 Å². The van der Waals surface area contributed by atoms with Crippen molar-refractivity contribution in [3.05, 3.63) is 23.5 Å². The van der Waals surface area contributed by atoms with Crippen molar-refractivity contribution in [3.8, 4) is 0 Å². The van der Waals surface area contributed by atoms with Crippen molar-refractivity contribution in [2.45, 2.75) is 19.3 Å². The Morgan fingerprint density at radius 3 is 3.05 bits per heavy atom. The molecule has 1 aliphatic rings. The van der Waals surface area contributed by atoms with Crippen molar-refractivity contribution in [2.24, 2.45) is 5.92 Å². The highest BCUT2D eigenvalue weighted by Crippen LogP contribution is 2.19. The number of hydrogen-bond donors (Lipinski definition) is 0. The van der Waals surface area contributed by atoms with E-state index in [-0.39, 0.29) is 24.0 Å². The first-order valence-electron chi connectivity index (χ1n) is 7.27. The second-order valence-electron chi connectivity index (χ2n) is 5.94. The van der Waals surface area contributed by atoms with E-state index in [1.54, 1.807) is 4.90 Å². The lowest BCUT2D eigenvalue weighted by Gasteiger charge is -2.32. The molecule has 8 heteroatoms. The van der Waals surface area contributed by atoms with Crippen LogP contribution in [-0.4, -0.2) is 53.7 Å². The number of aromatic nitrogens is 2. The molecule has 0 bridgehead atoms. The summed E-state index contributed by atoms with van der Waals surface area (Å²) in [5.74, 6) is 0.249. The standard InChI is InChI=1S/C14H19N3O3S2/c1-22(19,20)10-11-3-2-4-16(8-11)13(18)7-12-9-17-5-6-21-14(17)15-12/h5-6,9,11H,2-4,7-8,10H2,1H3. The normalized spacial score (nSPS) is 19.7. The van der Waals surface area contributed by atoms with Crippen molar-refractivity contribution < 1.29 is 13.2 Å². The second-order valence-corrected chi connectivity index (χ2v) is 9.00. The summed E-state index contributed by atoms with van der Waals surface area (Å²) < 4.78 is 24.8. The van der Waals surface area contributed by atoms with Crippen LogP contribution in [0.4, 0.5) is 0 Å². The average Bonchev–Trinajstić information content (AvgIpc) is 2.97. The molecule has 2 aromatic rings. The molecular formula is C14H19N3O3S2. The summed E-state index contributed by atoms with van der Waals surface area (Å²) in [6.45, 7) is 1.25. The van der Waals surface area contributed by atoms with Crippen LogP contribution in [0.1, 0.15) is 18.5 Å². The van der Waals surface area contributed by atoms with Crippen LogP contribution in [0.15, 0.2) is 17.8 Å². The third-order valence-electron chi connectivity index (χ3n) is 3.89. The van der Waals surface area contributed by atoms with Gasteiger partial charge in [0.2, 0.25) is 5.91 Å². The number of likely N-dealkylation sites (tertiary alicyclic amines) is 1. The van der Waals surface area contributed by atoms with Gasteiger partial charge in [-0.15, -0.1) is 11.3 Å². The summed E-state index contributed by atoms with van der Waals surface area (Å²) in [6.07, 6.45) is 7.07. The van der Waals surface area contributed by atoms with E-state index in [2.05, 4.69) is 4.98 Å². The van der Waals surface area contributed by atoms with Gasteiger partial charge in [-0.25, -0.2) is 13.4 Å². The van der Waals surface area contributed by atoms with E-state index in [1.165, 1.54) is 17.6 Å². The smallest absolute Gasteiger partial charge is 0.228 e. The molecule has 1 atom stereocenters. The lowest BCUT2D eigenvalue weighted by atomic mass is 10.00. The monoisotopic (exact) mass is 341 g/mol. The van der Waals surface area contributed by atoms with Crippen molar-refractivity contribution in [1.29, 1.82) is 0 Å². The van der Waals surface area contributed by atoms with Gasteiger partial charge < -0.3 is 4.90 Å². The molecule has 3 rings (SSSR count). The van der Waals surface area contributed by atoms with E-state index in [0.717, 1.165) is 23.5 Å². The van der Waals surface area contributed by atoms with Crippen LogP contribution in [0.25, 0.3) is 4.96 Å². The zero-order chi connectivity index (χ0) is 15.7. The van der Waals surface area contributed by atoms with Crippen molar-refractivity contribution in [3.63, 3.8) is 0 Å². The topological polar surface area (TPSA) is 71.8 Å². The SMILES string of the molecule is CS(=O)(=O)CC1CCCN(C(=O)Cc2cn3ccsc3n2)C1. The first-order chi connectivity index (χ1) is 10.4. The molecule has 1 aliphatic heterocycles. The molecule has 0 aliphatic carbocycles. The summed E-state index contributed by atoms with van der Waals surface area (Å²) >= 11 is 1.54. The Hall–Kier alpha value is -1.41. The fraction of sp³-hybridized carbons (Fsp3) is 0.571. The summed E-state index contributed by atoms with van der Waals surface area (Å²) in [5.41, 5.74) is 0.766. The molecule has 22 heavy (non-hydrogen) atoms. The first kappa shape index (κ1) is 15.5. The van der Waals surface area contributed by atoms with Crippen LogP contribution in [-0.2, 0) is 21.1 Å². The maximum atomic E-state index is 12.4. The fourth-order valence-corrected chi connectivity index (χ4v) is 4.83. The van der Waals surface area contributed by atoms with Crippen molar-refractivity contribution in [2.75, 3.05) is 25.1 Å². The molecular weight excluding hydrogens is 322 g/mol. The molecule has 1 saturated heterocycles. The molecule has 2 aromatic heterocycles. The zero-order valence-corrected chi connectivity index (χ0v) is 14.1. The Morgan fingerprint density at radius 1 is 1.50 bits per heavy atom. The molecule has 1 fully saturated rings. The average molecular weight is 341 g/mol. The number of carbonyl (C=O) groups is 1. The molecule has 120 valence electrons. The molecule has 0 N–H and O–H groups in total. The lowest BCUT2D eigenvalue weighted by molar-refractivity contribution is -0.132. The predicted molar refractivity (Wildman–Crippen MR) is 85.8 cm³/mol. The minimum Gasteiger partial charge on any atom is -0.342 e. The van der Waals surface area contributed by atoms with Gasteiger partial charge in [-0.1, -0.05) is 0 Å². The van der Waals surface area contributed by atoms with Gasteiger partial charge in [-0.2, -0.15) is 0 Å². The third-order valence-corrected chi connectivity index (χ3v) is 5.73. The Bertz CT molecular complexity index is 750. The maximum absolute atomic E-state index is 12.4. The lowest BCUT2D eigenvalue weighted by Crippen LogP contribution is -2.42. The van der Waals surface area contributed by atoms with E-state index < -0.39 is 9.84 Å². The predicted octanol–water partition coefficient (Wildman–Crippen LogP) is 1.22. The van der Waals surface area contributed by atoms with Gasteiger partial charge in [-0.3, -0.25) is 9.20 Å². The quantitative estimate of drug-likeness (QED) is 0.838. The highest BCUT2D eigenvalue weighted by atomic mass is 32.2. The molecule has 1 unspecified atom stereocenters. The molecule has 0 spiro atoms. The van der Waals surface area contributed by atoms with Gasteiger partial charge in [0.1, 0.15) is 9.84 Å². The largest absolute Gasteiger partial charge is 0.342 e. The summed E-state index contributed by atoms with van der Waals surface area (Å²) in [7, 11) is -2.99. The second kappa shape index (κ2) is 6.00. The van der Waals surface area contributed by atoms with Gasteiger partial charge in [0.15, 0.2) is 4.96 Å². The maximum Gasteiger partial charge on any atom is 0.228 e. The summed E-state index contributed by atoms with van der Waals surface area (Å²) in [5, 5.41) is 1.95. The number of rotatable bonds is 4. The Labute approximate surface area is 133 Å². The molecule has 0 saturated carbocycles. The minimum atomic E-state index is -2.99. The van der Waals surface area contributed by atoms with Crippen LogP contribution in [0, 0.1) is 5.92 Å². The molecule has 0 aromatic carbocycles. The number of amides is 1. The van der Waals surface area contributed by atoms with Crippen LogP contribution in [0.2, 0.25) is 0 Å². The number of sulfone groups is 1. The zero-order valence-electron chi connectivity index (χ0n) is 12.4. The van der Waals surface area contributed by atoms with Crippen molar-refractivity contribution >= 4 is 32.0 Å². The van der Waals surface area contributed by atoms with E-state index in [4.69, 9.17) is 0 Å². The fourth-order valence-electron chi connectivity index (χ4n) is 2.98.